The van der Waals surface area contributed by atoms with Crippen LogP contribution < -0.4 is 5.19 Å². The van der Waals surface area contributed by atoms with E-state index in [1.54, 1.807) is 20.8 Å². The molecule has 0 saturated carbocycles. The standard InChI is InChI=1S/C18H26F6O5Si/c1-6-27-30(28-7-2,29-8-3)14-10-12(15(4,25)17(19,20)21)9-13(11-14)16(5,26)18(22,23)24/h9-11,25-26H,6-8H2,1-5H3. The number of hydrogen-bond donors (Lipinski definition) is 2. The molecule has 2 unspecified atom stereocenters. The third-order valence-electron chi connectivity index (χ3n) is 4.52. The molecule has 0 aliphatic carbocycles. The molecule has 0 fully saturated rings. The molecule has 0 radical (unpaired) electrons. The predicted octanol–water partition coefficient (Wildman–Crippen LogP) is 3.48. The summed E-state index contributed by atoms with van der Waals surface area (Å²) in [5, 5.41) is 20.0. The average molecular weight is 464 g/mol. The molecule has 0 aromatic heterocycles. The first-order valence-electron chi connectivity index (χ1n) is 9.16. The average Bonchev–Trinajstić information content (AvgIpc) is 2.60. The lowest BCUT2D eigenvalue weighted by Crippen LogP contribution is -2.58. The van der Waals surface area contributed by atoms with Gasteiger partial charge in [-0.2, -0.15) is 26.3 Å². The summed E-state index contributed by atoms with van der Waals surface area (Å²) in [4.78, 5) is 0. The Morgan fingerprint density at radius 1 is 0.700 bits per heavy atom. The van der Waals surface area contributed by atoms with Crippen LogP contribution in [0.4, 0.5) is 26.3 Å². The fourth-order valence-electron chi connectivity index (χ4n) is 2.64. The first-order chi connectivity index (χ1) is 13.5. The number of benzene rings is 1. The van der Waals surface area contributed by atoms with Gasteiger partial charge in [0.15, 0.2) is 11.2 Å². The fourth-order valence-corrected chi connectivity index (χ4v) is 5.19. The molecular weight excluding hydrogens is 438 g/mol. The number of hydrogen-bond acceptors (Lipinski definition) is 5. The van der Waals surface area contributed by atoms with Gasteiger partial charge in [-0.1, -0.05) is 0 Å². The van der Waals surface area contributed by atoms with E-state index in [4.69, 9.17) is 13.3 Å². The second-order valence-corrected chi connectivity index (χ2v) is 9.35. The van der Waals surface area contributed by atoms with E-state index in [0.717, 1.165) is 12.1 Å². The zero-order valence-electron chi connectivity index (χ0n) is 17.2. The lowest BCUT2D eigenvalue weighted by atomic mass is 9.88. The summed E-state index contributed by atoms with van der Waals surface area (Å²) >= 11 is 0. The Bertz CT molecular complexity index is 657. The van der Waals surface area contributed by atoms with E-state index in [1.807, 2.05) is 0 Å². The molecule has 2 N–H and O–H groups in total. The van der Waals surface area contributed by atoms with E-state index in [2.05, 4.69) is 0 Å². The van der Waals surface area contributed by atoms with Crippen molar-refractivity contribution in [1.82, 2.24) is 0 Å². The highest BCUT2D eigenvalue weighted by atomic mass is 28.4. The minimum Gasteiger partial charge on any atom is -0.376 e. The Morgan fingerprint density at radius 2 is 1.00 bits per heavy atom. The van der Waals surface area contributed by atoms with Crippen LogP contribution in [-0.2, 0) is 24.5 Å². The zero-order chi connectivity index (χ0) is 23.6. The Hall–Kier alpha value is -1.18. The van der Waals surface area contributed by atoms with Gasteiger partial charge in [-0.25, -0.2) is 0 Å². The molecule has 0 aliphatic rings. The summed E-state index contributed by atoms with van der Waals surface area (Å²) in [5.41, 5.74) is -8.85. The van der Waals surface area contributed by atoms with Crippen molar-refractivity contribution in [3.8, 4) is 0 Å². The normalized spacial score (nSPS) is 17.5. The number of halogens is 6. The molecule has 1 aromatic rings. The lowest BCUT2D eigenvalue weighted by Gasteiger charge is -2.34. The molecule has 0 aliphatic heterocycles. The molecule has 0 spiro atoms. The molecule has 0 amide bonds. The Morgan fingerprint density at radius 3 is 1.23 bits per heavy atom. The van der Waals surface area contributed by atoms with Crippen LogP contribution in [0.15, 0.2) is 18.2 Å². The molecule has 0 saturated heterocycles. The van der Waals surface area contributed by atoms with Crippen LogP contribution in [0.5, 0.6) is 0 Å². The van der Waals surface area contributed by atoms with Gasteiger partial charge in [-0.05, 0) is 63.9 Å². The smallest absolute Gasteiger partial charge is 0.376 e. The van der Waals surface area contributed by atoms with E-state index in [1.165, 1.54) is 0 Å². The van der Waals surface area contributed by atoms with Crippen LogP contribution in [0, 0.1) is 0 Å². The van der Waals surface area contributed by atoms with E-state index in [9.17, 15) is 36.6 Å². The maximum atomic E-state index is 13.4. The Kier molecular flexibility index (Phi) is 8.17. The van der Waals surface area contributed by atoms with Crippen molar-refractivity contribution in [1.29, 1.82) is 0 Å². The molecule has 12 heteroatoms. The highest BCUT2D eigenvalue weighted by Gasteiger charge is 2.56. The molecule has 0 bridgehead atoms. The molecule has 174 valence electrons. The monoisotopic (exact) mass is 464 g/mol. The summed E-state index contributed by atoms with van der Waals surface area (Å²) in [6, 6.07) is 2.15. The topological polar surface area (TPSA) is 68.2 Å². The SMILES string of the molecule is CCO[Si](OCC)(OCC)c1cc(C(C)(O)C(F)(F)F)cc(C(C)(O)C(F)(F)F)c1. The summed E-state index contributed by atoms with van der Waals surface area (Å²) < 4.78 is 97.3. The minimum atomic E-state index is -5.21. The summed E-state index contributed by atoms with van der Waals surface area (Å²) in [7, 11) is -3.97. The highest BCUT2D eigenvalue weighted by Crippen LogP contribution is 2.42. The van der Waals surface area contributed by atoms with Crippen LogP contribution in [0.25, 0.3) is 0 Å². The summed E-state index contributed by atoms with van der Waals surface area (Å²) in [6.07, 6.45) is -10.4. The highest BCUT2D eigenvalue weighted by molar-refractivity contribution is 6.75. The third-order valence-corrected chi connectivity index (χ3v) is 7.52. The van der Waals surface area contributed by atoms with E-state index < -0.39 is 43.5 Å². The summed E-state index contributed by atoms with van der Waals surface area (Å²) in [5.74, 6) is 0. The Balaban J connectivity index is 3.95. The largest absolute Gasteiger partial charge is 0.537 e. The fraction of sp³-hybridized carbons (Fsp3) is 0.667. The van der Waals surface area contributed by atoms with Crippen molar-refractivity contribution in [2.45, 2.75) is 58.2 Å². The maximum absolute atomic E-state index is 13.4. The van der Waals surface area contributed by atoms with Crippen molar-refractivity contribution in [2.75, 3.05) is 19.8 Å². The molecule has 1 rings (SSSR count). The van der Waals surface area contributed by atoms with E-state index >= 15 is 0 Å². The number of rotatable bonds is 9. The van der Waals surface area contributed by atoms with Crippen LogP contribution in [0.3, 0.4) is 0 Å². The lowest BCUT2D eigenvalue weighted by molar-refractivity contribution is -0.261. The summed E-state index contributed by atoms with van der Waals surface area (Å²) in [6.45, 7) is 5.48. The third kappa shape index (κ3) is 5.17. The van der Waals surface area contributed by atoms with Gasteiger partial charge in [0.25, 0.3) is 0 Å². The van der Waals surface area contributed by atoms with Gasteiger partial charge in [-0.3, -0.25) is 0 Å². The first-order valence-corrected chi connectivity index (χ1v) is 10.9. The molecule has 2 atom stereocenters. The van der Waals surface area contributed by atoms with Crippen molar-refractivity contribution >= 4 is 14.0 Å². The molecule has 5 nitrogen and oxygen atoms in total. The van der Waals surface area contributed by atoms with Crippen LogP contribution in [-0.4, -0.2) is 51.2 Å². The van der Waals surface area contributed by atoms with Crippen LogP contribution in [0.2, 0.25) is 0 Å². The van der Waals surface area contributed by atoms with Crippen molar-refractivity contribution in [3.05, 3.63) is 29.3 Å². The van der Waals surface area contributed by atoms with Gasteiger partial charge >= 0.3 is 21.2 Å². The second-order valence-electron chi connectivity index (χ2n) is 6.79. The van der Waals surface area contributed by atoms with Crippen molar-refractivity contribution in [3.63, 3.8) is 0 Å². The first kappa shape index (κ1) is 26.9. The van der Waals surface area contributed by atoms with Gasteiger partial charge in [-0.15, -0.1) is 0 Å². The van der Waals surface area contributed by atoms with Crippen molar-refractivity contribution < 1.29 is 49.8 Å². The van der Waals surface area contributed by atoms with E-state index in [-0.39, 0.29) is 25.0 Å². The molecule has 1 aromatic carbocycles. The quantitative estimate of drug-likeness (QED) is 0.433. The zero-order valence-corrected chi connectivity index (χ0v) is 18.2. The maximum Gasteiger partial charge on any atom is 0.537 e. The number of alkyl halides is 6. The van der Waals surface area contributed by atoms with Gasteiger partial charge in [0.05, 0.1) is 0 Å². The van der Waals surface area contributed by atoms with Gasteiger partial charge in [0.2, 0.25) is 0 Å². The minimum absolute atomic E-state index is 0.00287. The predicted molar refractivity (Wildman–Crippen MR) is 98.0 cm³/mol. The van der Waals surface area contributed by atoms with Gasteiger partial charge in [0, 0.05) is 25.0 Å². The molecule has 30 heavy (non-hydrogen) atoms. The van der Waals surface area contributed by atoms with Gasteiger partial charge in [0.1, 0.15) is 0 Å². The number of aliphatic hydroxyl groups is 2. The van der Waals surface area contributed by atoms with E-state index in [0.29, 0.717) is 19.9 Å². The molecule has 0 heterocycles. The van der Waals surface area contributed by atoms with Crippen LogP contribution >= 0.6 is 0 Å². The van der Waals surface area contributed by atoms with Crippen molar-refractivity contribution in [2.24, 2.45) is 0 Å². The van der Waals surface area contributed by atoms with Crippen LogP contribution in [0.1, 0.15) is 45.7 Å². The second kappa shape index (κ2) is 9.13. The Labute approximate surface area is 171 Å². The van der Waals surface area contributed by atoms with Gasteiger partial charge < -0.3 is 23.5 Å². The molecular formula is C18H26F6O5Si.